The molecule has 0 fully saturated rings. The van der Waals surface area contributed by atoms with Gasteiger partial charge in [-0.05, 0) is 37.8 Å². The van der Waals surface area contributed by atoms with Gasteiger partial charge in [-0.1, -0.05) is 29.8 Å². The molecule has 0 radical (unpaired) electrons. The molecule has 0 aliphatic rings. The van der Waals surface area contributed by atoms with Gasteiger partial charge in [0.05, 0.1) is 4.88 Å². The van der Waals surface area contributed by atoms with Crippen LogP contribution in [0.2, 0.25) is 0 Å². The third kappa shape index (κ3) is 4.11. The second-order valence-electron chi connectivity index (χ2n) is 4.65. The molecule has 0 saturated heterocycles. The SMILES string of the molecule is Cc1cc(C(=O)NC(CCBr)C(C)C)sc1C. The van der Waals surface area contributed by atoms with Crippen LogP contribution in [-0.2, 0) is 0 Å². The van der Waals surface area contributed by atoms with Gasteiger partial charge in [0.2, 0.25) is 0 Å². The Bertz CT molecular complexity index is 367. The van der Waals surface area contributed by atoms with Gasteiger partial charge in [0.1, 0.15) is 0 Å². The fourth-order valence-electron chi connectivity index (χ4n) is 1.61. The molecule has 0 saturated carbocycles. The first-order chi connectivity index (χ1) is 7.95. The number of thiophene rings is 1. The van der Waals surface area contributed by atoms with Crippen molar-refractivity contribution in [1.82, 2.24) is 5.32 Å². The lowest BCUT2D eigenvalue weighted by molar-refractivity contribution is 0.0929. The maximum Gasteiger partial charge on any atom is 0.261 e. The van der Waals surface area contributed by atoms with Crippen LogP contribution in [0.15, 0.2) is 6.07 Å². The zero-order valence-electron chi connectivity index (χ0n) is 10.8. The van der Waals surface area contributed by atoms with E-state index in [0.717, 1.165) is 16.6 Å². The molecule has 1 unspecified atom stereocenters. The van der Waals surface area contributed by atoms with E-state index in [0.29, 0.717) is 5.92 Å². The first kappa shape index (κ1) is 14.7. The number of amides is 1. The summed E-state index contributed by atoms with van der Waals surface area (Å²) in [6, 6.07) is 2.21. The molecule has 0 bridgehead atoms. The largest absolute Gasteiger partial charge is 0.348 e. The van der Waals surface area contributed by atoms with Gasteiger partial charge >= 0.3 is 0 Å². The molecule has 1 aromatic rings. The van der Waals surface area contributed by atoms with E-state index >= 15 is 0 Å². The summed E-state index contributed by atoms with van der Waals surface area (Å²) in [6.07, 6.45) is 0.965. The van der Waals surface area contributed by atoms with E-state index in [9.17, 15) is 4.79 Å². The van der Waals surface area contributed by atoms with Crippen LogP contribution in [0.25, 0.3) is 0 Å². The molecule has 1 atom stereocenters. The highest BCUT2D eigenvalue weighted by Gasteiger charge is 2.18. The van der Waals surface area contributed by atoms with Crippen LogP contribution in [0.5, 0.6) is 0 Å². The van der Waals surface area contributed by atoms with Crippen molar-refractivity contribution >= 4 is 33.2 Å². The van der Waals surface area contributed by atoms with E-state index in [4.69, 9.17) is 0 Å². The van der Waals surface area contributed by atoms with Gasteiger partial charge in [-0.15, -0.1) is 11.3 Å². The van der Waals surface area contributed by atoms with Crippen LogP contribution in [-0.4, -0.2) is 17.3 Å². The monoisotopic (exact) mass is 317 g/mol. The zero-order valence-corrected chi connectivity index (χ0v) is 13.2. The molecule has 4 heteroatoms. The highest BCUT2D eigenvalue weighted by Crippen LogP contribution is 2.21. The maximum atomic E-state index is 12.1. The Kier molecular flexibility index (Phi) is 5.67. The number of hydrogen-bond donors (Lipinski definition) is 1. The van der Waals surface area contributed by atoms with Gasteiger partial charge in [-0.2, -0.15) is 0 Å². The van der Waals surface area contributed by atoms with Crippen LogP contribution in [0.4, 0.5) is 0 Å². The van der Waals surface area contributed by atoms with Crippen molar-refractivity contribution in [2.24, 2.45) is 5.92 Å². The Hall–Kier alpha value is -0.350. The average Bonchev–Trinajstić information content (AvgIpc) is 2.58. The molecule has 1 rings (SSSR count). The van der Waals surface area contributed by atoms with Gasteiger partial charge in [-0.3, -0.25) is 4.79 Å². The zero-order chi connectivity index (χ0) is 13.0. The summed E-state index contributed by atoms with van der Waals surface area (Å²) in [5.74, 6) is 0.518. The predicted molar refractivity (Wildman–Crippen MR) is 78.3 cm³/mol. The quantitative estimate of drug-likeness (QED) is 0.820. The van der Waals surface area contributed by atoms with Crippen LogP contribution >= 0.6 is 27.3 Å². The molecule has 0 aliphatic heterocycles. The van der Waals surface area contributed by atoms with Crippen LogP contribution in [0.3, 0.4) is 0 Å². The van der Waals surface area contributed by atoms with Gasteiger partial charge in [0.15, 0.2) is 0 Å². The topological polar surface area (TPSA) is 29.1 Å². The van der Waals surface area contributed by atoms with Crippen molar-refractivity contribution < 1.29 is 4.79 Å². The summed E-state index contributed by atoms with van der Waals surface area (Å²) >= 11 is 5.00. The van der Waals surface area contributed by atoms with Gasteiger partial charge in [0, 0.05) is 16.2 Å². The van der Waals surface area contributed by atoms with E-state index in [1.54, 1.807) is 11.3 Å². The molecule has 2 nitrogen and oxygen atoms in total. The Labute approximate surface area is 116 Å². The maximum absolute atomic E-state index is 12.1. The molecule has 1 N–H and O–H groups in total. The Balaban J connectivity index is 2.70. The van der Waals surface area contributed by atoms with Gasteiger partial charge in [-0.25, -0.2) is 0 Å². The average molecular weight is 318 g/mol. The Morgan fingerprint density at radius 1 is 1.47 bits per heavy atom. The molecular formula is C13H20BrNOS. The Morgan fingerprint density at radius 2 is 2.12 bits per heavy atom. The van der Waals surface area contributed by atoms with Crippen molar-refractivity contribution in [1.29, 1.82) is 0 Å². The van der Waals surface area contributed by atoms with Crippen LogP contribution < -0.4 is 5.32 Å². The van der Waals surface area contributed by atoms with E-state index < -0.39 is 0 Å². The Morgan fingerprint density at radius 3 is 2.53 bits per heavy atom. The number of carbonyl (C=O) groups is 1. The van der Waals surface area contributed by atoms with Crippen molar-refractivity contribution in [2.75, 3.05) is 5.33 Å². The van der Waals surface area contributed by atoms with E-state index in [1.807, 2.05) is 13.0 Å². The summed E-state index contributed by atoms with van der Waals surface area (Å²) < 4.78 is 0. The fourth-order valence-corrected chi connectivity index (χ4v) is 3.04. The minimum absolute atomic E-state index is 0.0610. The lowest BCUT2D eigenvalue weighted by Gasteiger charge is -2.21. The third-order valence-electron chi connectivity index (χ3n) is 2.93. The van der Waals surface area contributed by atoms with E-state index in [2.05, 4.69) is 42.0 Å². The molecule has 0 spiro atoms. The smallest absolute Gasteiger partial charge is 0.261 e. The second kappa shape index (κ2) is 6.55. The van der Waals surface area contributed by atoms with E-state index in [1.165, 1.54) is 10.4 Å². The molecule has 17 heavy (non-hydrogen) atoms. The number of rotatable bonds is 5. The van der Waals surface area contributed by atoms with Gasteiger partial charge < -0.3 is 5.32 Å². The molecule has 0 aromatic carbocycles. The summed E-state index contributed by atoms with van der Waals surface area (Å²) in [6.45, 7) is 8.37. The summed E-state index contributed by atoms with van der Waals surface area (Å²) in [7, 11) is 0. The minimum atomic E-state index is 0.0610. The summed E-state index contributed by atoms with van der Waals surface area (Å²) in [5.41, 5.74) is 1.20. The van der Waals surface area contributed by atoms with Gasteiger partial charge in [0.25, 0.3) is 5.91 Å². The lowest BCUT2D eigenvalue weighted by Crippen LogP contribution is -2.38. The number of nitrogens with one attached hydrogen (secondary N) is 1. The van der Waals surface area contributed by atoms with Crippen LogP contribution in [0.1, 0.15) is 40.4 Å². The number of hydrogen-bond acceptors (Lipinski definition) is 2. The first-order valence-corrected chi connectivity index (χ1v) is 7.83. The number of alkyl halides is 1. The molecule has 1 aromatic heterocycles. The number of carbonyl (C=O) groups excluding carboxylic acids is 1. The van der Waals surface area contributed by atoms with E-state index in [-0.39, 0.29) is 11.9 Å². The standard InChI is InChI=1S/C13H20BrNOS/c1-8(2)11(5-6-14)15-13(16)12-7-9(3)10(4)17-12/h7-8,11H,5-6H2,1-4H3,(H,15,16). The van der Waals surface area contributed by atoms with Crippen molar-refractivity contribution in [3.8, 4) is 0 Å². The first-order valence-electron chi connectivity index (χ1n) is 5.89. The van der Waals surface area contributed by atoms with Crippen molar-refractivity contribution in [3.05, 3.63) is 21.4 Å². The lowest BCUT2D eigenvalue weighted by atomic mass is 10.0. The summed E-state index contributed by atoms with van der Waals surface area (Å²) in [4.78, 5) is 14.1. The minimum Gasteiger partial charge on any atom is -0.348 e. The molecule has 1 heterocycles. The normalized spacial score (nSPS) is 12.8. The molecule has 1 amide bonds. The summed E-state index contributed by atoms with van der Waals surface area (Å²) in [5, 5.41) is 4.03. The van der Waals surface area contributed by atoms with Crippen LogP contribution in [0, 0.1) is 19.8 Å². The number of aryl methyl sites for hydroxylation is 2. The molecular weight excluding hydrogens is 298 g/mol. The third-order valence-corrected chi connectivity index (χ3v) is 4.54. The fraction of sp³-hybridized carbons (Fsp3) is 0.615. The van der Waals surface area contributed by atoms with Crippen molar-refractivity contribution in [2.45, 2.75) is 40.2 Å². The molecule has 0 aliphatic carbocycles. The number of halogens is 1. The van der Waals surface area contributed by atoms with Crippen molar-refractivity contribution in [3.63, 3.8) is 0 Å². The predicted octanol–water partition coefficient (Wildman–Crippen LogP) is 3.90. The highest BCUT2D eigenvalue weighted by molar-refractivity contribution is 9.09. The highest BCUT2D eigenvalue weighted by atomic mass is 79.9. The second-order valence-corrected chi connectivity index (χ2v) is 6.70. The molecule has 96 valence electrons.